The highest BCUT2D eigenvalue weighted by molar-refractivity contribution is 5.96. The van der Waals surface area contributed by atoms with E-state index in [1.807, 2.05) is 36.4 Å². The van der Waals surface area contributed by atoms with Crippen LogP contribution in [0.1, 0.15) is 24.0 Å². The van der Waals surface area contributed by atoms with E-state index in [1.54, 1.807) is 25.2 Å². The highest BCUT2D eigenvalue weighted by Crippen LogP contribution is 2.27. The van der Waals surface area contributed by atoms with Crippen LogP contribution >= 0.6 is 0 Å². The molecule has 0 spiro atoms. The minimum atomic E-state index is -0.402. The second-order valence-corrected chi connectivity index (χ2v) is 6.66. The van der Waals surface area contributed by atoms with E-state index in [4.69, 9.17) is 14.2 Å². The Labute approximate surface area is 165 Å². The van der Waals surface area contributed by atoms with Crippen molar-refractivity contribution in [2.24, 2.45) is 0 Å². The zero-order chi connectivity index (χ0) is 19.9. The molecule has 3 rings (SSSR count). The van der Waals surface area contributed by atoms with E-state index in [0.29, 0.717) is 24.5 Å². The predicted octanol–water partition coefficient (Wildman–Crippen LogP) is 3.16. The van der Waals surface area contributed by atoms with Crippen LogP contribution in [-0.4, -0.2) is 39.2 Å². The second-order valence-electron chi connectivity index (χ2n) is 6.66. The number of benzene rings is 2. The van der Waals surface area contributed by atoms with Crippen molar-refractivity contribution in [3.8, 4) is 11.5 Å². The molecule has 28 heavy (non-hydrogen) atoms. The molecule has 0 N–H and O–H groups in total. The summed E-state index contributed by atoms with van der Waals surface area (Å²) in [6, 6.07) is 13.3. The van der Waals surface area contributed by atoms with Crippen molar-refractivity contribution in [1.29, 1.82) is 0 Å². The number of hydrogen-bond donors (Lipinski definition) is 0. The van der Waals surface area contributed by atoms with Gasteiger partial charge in [0.05, 0.1) is 14.2 Å². The van der Waals surface area contributed by atoms with Gasteiger partial charge >= 0.3 is 5.97 Å². The molecule has 0 radical (unpaired) electrons. The van der Waals surface area contributed by atoms with E-state index in [0.717, 1.165) is 29.7 Å². The molecule has 0 aliphatic carbocycles. The lowest BCUT2D eigenvalue weighted by Crippen LogP contribution is -2.38. The number of para-hydroxylation sites is 1. The molecule has 6 heteroatoms. The predicted molar refractivity (Wildman–Crippen MR) is 106 cm³/mol. The summed E-state index contributed by atoms with van der Waals surface area (Å²) >= 11 is 0. The summed E-state index contributed by atoms with van der Waals surface area (Å²) < 4.78 is 15.7. The number of hydrogen-bond acceptors (Lipinski definition) is 5. The molecule has 0 fully saturated rings. The van der Waals surface area contributed by atoms with Crippen LogP contribution in [0, 0.1) is 0 Å². The summed E-state index contributed by atoms with van der Waals surface area (Å²) in [6.45, 7) is 0.408. The fraction of sp³-hybridized carbons (Fsp3) is 0.364. The van der Waals surface area contributed by atoms with Crippen LogP contribution < -0.4 is 14.4 Å². The van der Waals surface area contributed by atoms with E-state index in [1.165, 1.54) is 0 Å². The maximum atomic E-state index is 12.5. The normalized spacial score (nSPS) is 12.9. The number of carbonyl (C=O) groups is 2. The zero-order valence-corrected chi connectivity index (χ0v) is 16.3. The van der Waals surface area contributed by atoms with Gasteiger partial charge < -0.3 is 19.1 Å². The smallest absolute Gasteiger partial charge is 0.306 e. The lowest BCUT2D eigenvalue weighted by atomic mass is 10.0. The van der Waals surface area contributed by atoms with Gasteiger partial charge in [-0.1, -0.05) is 18.2 Å². The lowest BCUT2D eigenvalue weighted by Gasteiger charge is -2.29. The molecule has 0 aromatic heterocycles. The van der Waals surface area contributed by atoms with Gasteiger partial charge in [-0.25, -0.2) is 0 Å². The largest absolute Gasteiger partial charge is 0.497 e. The molecule has 0 atom stereocenters. The summed E-state index contributed by atoms with van der Waals surface area (Å²) in [6.07, 6.45) is 2.53. The van der Waals surface area contributed by atoms with Gasteiger partial charge in [-0.05, 0) is 48.6 Å². The monoisotopic (exact) mass is 383 g/mol. The third-order valence-corrected chi connectivity index (χ3v) is 4.80. The highest BCUT2D eigenvalue weighted by atomic mass is 16.5. The number of rotatable bonds is 7. The van der Waals surface area contributed by atoms with E-state index in [9.17, 15) is 9.59 Å². The highest BCUT2D eigenvalue weighted by Gasteiger charge is 2.23. The summed E-state index contributed by atoms with van der Waals surface area (Å²) in [5.74, 6) is 0.743. The first kappa shape index (κ1) is 19.7. The van der Waals surface area contributed by atoms with Gasteiger partial charge in [-0.3, -0.25) is 9.59 Å². The van der Waals surface area contributed by atoms with Gasteiger partial charge in [-0.2, -0.15) is 0 Å². The Kier molecular flexibility index (Phi) is 6.53. The number of aryl methyl sites for hydroxylation is 2. The number of fused-ring (bicyclic) bond motifs is 1. The quantitative estimate of drug-likeness (QED) is 0.687. The minimum absolute atomic E-state index is 0.181. The Morgan fingerprint density at radius 1 is 1.04 bits per heavy atom. The van der Waals surface area contributed by atoms with Gasteiger partial charge in [0.25, 0.3) is 5.91 Å². The van der Waals surface area contributed by atoms with Crippen molar-refractivity contribution < 1.29 is 23.8 Å². The van der Waals surface area contributed by atoms with Crippen molar-refractivity contribution in [2.45, 2.75) is 25.7 Å². The molecule has 0 saturated carbocycles. The Morgan fingerprint density at radius 2 is 1.75 bits per heavy atom. The standard InChI is InChI=1S/C22H25NO5/c1-26-18-12-16(13-19(14-18)27-2)9-10-22(25)28-15-21(24)23-11-5-7-17-6-3-4-8-20(17)23/h3-4,6,8,12-14H,5,7,9-11,15H2,1-2H3. The van der Waals surface area contributed by atoms with E-state index in [2.05, 4.69) is 0 Å². The summed E-state index contributed by atoms with van der Waals surface area (Å²) in [4.78, 5) is 26.3. The van der Waals surface area contributed by atoms with Crippen LogP contribution in [0.5, 0.6) is 11.5 Å². The molecular weight excluding hydrogens is 358 g/mol. The number of methoxy groups -OCH3 is 2. The van der Waals surface area contributed by atoms with Gasteiger partial charge in [0, 0.05) is 24.7 Å². The molecule has 1 amide bonds. The molecule has 1 aliphatic heterocycles. The maximum absolute atomic E-state index is 12.5. The molecule has 0 unspecified atom stereocenters. The number of amides is 1. The number of anilines is 1. The summed E-state index contributed by atoms with van der Waals surface area (Å²) in [5.41, 5.74) is 2.98. The van der Waals surface area contributed by atoms with Gasteiger partial charge in [0.1, 0.15) is 11.5 Å². The summed E-state index contributed by atoms with van der Waals surface area (Å²) in [7, 11) is 3.16. The molecular formula is C22H25NO5. The first-order valence-electron chi connectivity index (χ1n) is 9.36. The van der Waals surface area contributed by atoms with Gasteiger partial charge in [-0.15, -0.1) is 0 Å². The van der Waals surface area contributed by atoms with Crippen molar-refractivity contribution in [1.82, 2.24) is 0 Å². The molecule has 148 valence electrons. The van der Waals surface area contributed by atoms with Crippen molar-refractivity contribution in [3.05, 3.63) is 53.6 Å². The third kappa shape index (κ3) is 4.82. The molecule has 0 bridgehead atoms. The average molecular weight is 383 g/mol. The number of esters is 1. The fourth-order valence-corrected chi connectivity index (χ4v) is 3.34. The van der Waals surface area contributed by atoms with Crippen LogP contribution in [0.15, 0.2) is 42.5 Å². The molecule has 1 heterocycles. The number of nitrogens with zero attached hydrogens (tertiary/aromatic N) is 1. The van der Waals surface area contributed by atoms with Crippen molar-refractivity contribution in [3.63, 3.8) is 0 Å². The Morgan fingerprint density at radius 3 is 2.46 bits per heavy atom. The maximum Gasteiger partial charge on any atom is 0.306 e. The fourth-order valence-electron chi connectivity index (χ4n) is 3.34. The van der Waals surface area contributed by atoms with Crippen LogP contribution in [0.2, 0.25) is 0 Å². The zero-order valence-electron chi connectivity index (χ0n) is 16.3. The van der Waals surface area contributed by atoms with Crippen LogP contribution in [0.25, 0.3) is 0 Å². The van der Waals surface area contributed by atoms with Crippen LogP contribution in [0.4, 0.5) is 5.69 Å². The third-order valence-electron chi connectivity index (χ3n) is 4.80. The average Bonchev–Trinajstić information content (AvgIpc) is 2.75. The van der Waals surface area contributed by atoms with E-state index < -0.39 is 5.97 Å². The molecule has 6 nitrogen and oxygen atoms in total. The topological polar surface area (TPSA) is 65.1 Å². The van der Waals surface area contributed by atoms with Gasteiger partial charge in [0.2, 0.25) is 0 Å². The molecule has 0 saturated heterocycles. The van der Waals surface area contributed by atoms with Crippen LogP contribution in [0.3, 0.4) is 0 Å². The van der Waals surface area contributed by atoms with Crippen molar-refractivity contribution >= 4 is 17.6 Å². The molecule has 2 aromatic carbocycles. The first-order valence-corrected chi connectivity index (χ1v) is 9.36. The number of carbonyl (C=O) groups excluding carboxylic acids is 2. The SMILES string of the molecule is COc1cc(CCC(=O)OCC(=O)N2CCCc3ccccc32)cc(OC)c1. The Hall–Kier alpha value is -3.02. The Balaban J connectivity index is 1.52. The molecule has 2 aromatic rings. The lowest BCUT2D eigenvalue weighted by molar-refractivity contribution is -0.147. The minimum Gasteiger partial charge on any atom is -0.497 e. The van der Waals surface area contributed by atoms with Crippen molar-refractivity contribution in [2.75, 3.05) is 32.3 Å². The Bertz CT molecular complexity index is 826. The van der Waals surface area contributed by atoms with Gasteiger partial charge in [0.15, 0.2) is 6.61 Å². The molecule has 1 aliphatic rings. The summed E-state index contributed by atoms with van der Waals surface area (Å²) in [5, 5.41) is 0. The van der Waals surface area contributed by atoms with E-state index >= 15 is 0 Å². The number of ether oxygens (including phenoxy) is 3. The van der Waals surface area contributed by atoms with E-state index in [-0.39, 0.29) is 18.9 Å². The second kappa shape index (κ2) is 9.26. The first-order chi connectivity index (χ1) is 13.6. The van der Waals surface area contributed by atoms with Crippen LogP contribution in [-0.2, 0) is 27.2 Å².